The van der Waals surface area contributed by atoms with Gasteiger partial charge in [0, 0.05) is 22.0 Å². The predicted octanol–water partition coefficient (Wildman–Crippen LogP) is 5.76. The summed E-state index contributed by atoms with van der Waals surface area (Å²) in [4.78, 5) is 1.16. The molecule has 27 heavy (non-hydrogen) atoms. The first-order valence-electron chi connectivity index (χ1n) is 8.72. The molecule has 4 nitrogen and oxygen atoms in total. The Balaban J connectivity index is 1.59. The minimum Gasteiger partial charge on any atom is -0.497 e. The molecule has 6 heteroatoms. The molecule has 136 valence electrons. The summed E-state index contributed by atoms with van der Waals surface area (Å²) in [7, 11) is 1.69. The molecular formula is C21H17BrN2O2S. The van der Waals surface area contributed by atoms with Gasteiger partial charge in [0.25, 0.3) is 0 Å². The number of fused-ring (bicyclic) bond motifs is 3. The number of halogens is 1. The van der Waals surface area contributed by atoms with Gasteiger partial charge < -0.3 is 9.47 Å². The molecule has 1 aromatic heterocycles. The molecule has 0 saturated heterocycles. The van der Waals surface area contributed by atoms with E-state index in [2.05, 4.69) is 50.6 Å². The van der Waals surface area contributed by atoms with Crippen LogP contribution in [-0.4, -0.2) is 17.8 Å². The summed E-state index contributed by atoms with van der Waals surface area (Å²) < 4.78 is 12.8. The molecular weight excluding hydrogens is 424 g/mol. The molecule has 2 atom stereocenters. The highest BCUT2D eigenvalue weighted by Crippen LogP contribution is 2.48. The Morgan fingerprint density at radius 3 is 2.93 bits per heavy atom. The van der Waals surface area contributed by atoms with E-state index in [0.29, 0.717) is 0 Å². The van der Waals surface area contributed by atoms with Crippen LogP contribution in [-0.2, 0) is 0 Å². The molecule has 3 heterocycles. The zero-order chi connectivity index (χ0) is 18.4. The highest BCUT2D eigenvalue weighted by molar-refractivity contribution is 9.10. The third-order valence-electron chi connectivity index (χ3n) is 4.94. The molecule has 5 rings (SSSR count). The Bertz CT molecular complexity index is 1020. The fourth-order valence-electron chi connectivity index (χ4n) is 3.65. The van der Waals surface area contributed by atoms with Crippen molar-refractivity contribution in [1.29, 1.82) is 0 Å². The van der Waals surface area contributed by atoms with Gasteiger partial charge in [-0.15, -0.1) is 11.3 Å². The number of hydrogen-bond donors (Lipinski definition) is 0. The van der Waals surface area contributed by atoms with Gasteiger partial charge in [-0.1, -0.05) is 34.1 Å². The average molecular weight is 441 g/mol. The van der Waals surface area contributed by atoms with Crippen LogP contribution < -0.4 is 9.47 Å². The monoisotopic (exact) mass is 440 g/mol. The highest BCUT2D eigenvalue weighted by atomic mass is 79.9. The molecule has 0 aliphatic carbocycles. The van der Waals surface area contributed by atoms with Crippen LogP contribution in [0.5, 0.6) is 11.5 Å². The summed E-state index contributed by atoms with van der Waals surface area (Å²) in [5.41, 5.74) is 3.31. The van der Waals surface area contributed by atoms with Crippen LogP contribution in [0.3, 0.4) is 0 Å². The molecule has 0 spiro atoms. The molecule has 2 aliphatic rings. The molecule has 0 radical (unpaired) electrons. The number of rotatable bonds is 3. The number of nitrogens with zero attached hydrogens (tertiary/aromatic N) is 2. The van der Waals surface area contributed by atoms with Crippen LogP contribution in [0.4, 0.5) is 0 Å². The van der Waals surface area contributed by atoms with E-state index >= 15 is 0 Å². The fraction of sp³-hybridized carbons (Fsp3) is 0.190. The lowest BCUT2D eigenvalue weighted by atomic mass is 9.96. The van der Waals surface area contributed by atoms with E-state index in [1.807, 2.05) is 30.3 Å². The van der Waals surface area contributed by atoms with Gasteiger partial charge in [-0.3, -0.25) is 0 Å². The van der Waals surface area contributed by atoms with Gasteiger partial charge in [0.15, 0.2) is 0 Å². The molecule has 0 amide bonds. The Hall–Kier alpha value is -2.31. The second-order valence-corrected chi connectivity index (χ2v) is 8.44. The molecule has 2 aromatic carbocycles. The van der Waals surface area contributed by atoms with Crippen molar-refractivity contribution in [3.63, 3.8) is 0 Å². The van der Waals surface area contributed by atoms with Gasteiger partial charge in [0.2, 0.25) is 6.23 Å². The maximum absolute atomic E-state index is 6.36. The molecule has 0 unspecified atom stereocenters. The van der Waals surface area contributed by atoms with Gasteiger partial charge in [-0.05, 0) is 41.8 Å². The maximum atomic E-state index is 6.36. The van der Waals surface area contributed by atoms with Gasteiger partial charge >= 0.3 is 0 Å². The van der Waals surface area contributed by atoms with Gasteiger partial charge in [-0.25, -0.2) is 5.01 Å². The fourth-order valence-corrected chi connectivity index (χ4v) is 4.78. The van der Waals surface area contributed by atoms with E-state index in [0.717, 1.165) is 38.5 Å². The van der Waals surface area contributed by atoms with Crippen LogP contribution in [0.2, 0.25) is 0 Å². The van der Waals surface area contributed by atoms with E-state index in [1.165, 1.54) is 5.56 Å². The predicted molar refractivity (Wildman–Crippen MR) is 111 cm³/mol. The maximum Gasteiger partial charge on any atom is 0.222 e. The summed E-state index contributed by atoms with van der Waals surface area (Å²) in [6.45, 7) is 0. The molecule has 2 aliphatic heterocycles. The van der Waals surface area contributed by atoms with Crippen molar-refractivity contribution in [1.82, 2.24) is 5.01 Å². The first-order chi connectivity index (χ1) is 13.2. The third kappa shape index (κ3) is 2.93. The molecule has 0 fully saturated rings. The lowest BCUT2D eigenvalue weighted by molar-refractivity contribution is -0.0166. The van der Waals surface area contributed by atoms with E-state index < -0.39 is 0 Å². The largest absolute Gasteiger partial charge is 0.497 e. The highest BCUT2D eigenvalue weighted by Gasteiger charge is 2.41. The van der Waals surface area contributed by atoms with Gasteiger partial charge in [-0.2, -0.15) is 5.10 Å². The van der Waals surface area contributed by atoms with Crippen LogP contribution >= 0.6 is 27.3 Å². The number of methoxy groups -OCH3 is 1. The van der Waals surface area contributed by atoms with Crippen LogP contribution in [0, 0.1) is 0 Å². The smallest absolute Gasteiger partial charge is 0.222 e. The van der Waals surface area contributed by atoms with Crippen molar-refractivity contribution < 1.29 is 9.47 Å². The van der Waals surface area contributed by atoms with Crippen LogP contribution in [0.1, 0.15) is 34.7 Å². The summed E-state index contributed by atoms with van der Waals surface area (Å²) in [5, 5.41) is 9.17. The normalized spacial score (nSPS) is 20.5. The third-order valence-corrected chi connectivity index (χ3v) is 6.34. The quantitative estimate of drug-likeness (QED) is 0.518. The molecule has 0 N–H and O–H groups in total. The minimum atomic E-state index is -0.202. The van der Waals surface area contributed by atoms with Crippen LogP contribution in [0.15, 0.2) is 69.6 Å². The second-order valence-electron chi connectivity index (χ2n) is 6.55. The first-order valence-corrected chi connectivity index (χ1v) is 10.4. The lowest BCUT2D eigenvalue weighted by Gasteiger charge is -2.37. The SMILES string of the molecule is COc1cccc(C2=NN3[C@@H](c4cccs4)Oc4ccc(Br)cc4[C@@H]3C2)c1. The zero-order valence-electron chi connectivity index (χ0n) is 14.6. The molecule has 0 bridgehead atoms. The standard InChI is InChI=1S/C21H17BrN2O2S/c1-25-15-5-2-4-13(10-15)17-12-18-16-11-14(22)7-8-19(16)26-21(24(18)23-17)20-6-3-9-27-20/h2-11,18,21H,12H2,1H3/t18-,21+/m0/s1. The minimum absolute atomic E-state index is 0.152. The lowest BCUT2D eigenvalue weighted by Crippen LogP contribution is -2.33. The Kier molecular flexibility index (Phi) is 4.17. The summed E-state index contributed by atoms with van der Waals surface area (Å²) in [6, 6.07) is 18.6. The second kappa shape index (κ2) is 6.69. The van der Waals surface area contributed by atoms with Crippen molar-refractivity contribution in [3.05, 3.63) is 80.5 Å². The van der Waals surface area contributed by atoms with Crippen molar-refractivity contribution in [2.75, 3.05) is 7.11 Å². The van der Waals surface area contributed by atoms with E-state index in [1.54, 1.807) is 18.4 Å². The Labute approximate surface area is 170 Å². The number of hydrazone groups is 1. The van der Waals surface area contributed by atoms with Gasteiger partial charge in [0.1, 0.15) is 11.5 Å². The summed E-state index contributed by atoms with van der Waals surface area (Å²) in [5.74, 6) is 1.77. The topological polar surface area (TPSA) is 34.1 Å². The van der Waals surface area contributed by atoms with Crippen molar-refractivity contribution in [2.45, 2.75) is 18.7 Å². The first kappa shape index (κ1) is 16.8. The molecule has 0 saturated carbocycles. The van der Waals surface area contributed by atoms with E-state index in [9.17, 15) is 0 Å². The van der Waals surface area contributed by atoms with E-state index in [4.69, 9.17) is 14.6 Å². The number of thiophene rings is 1. The Morgan fingerprint density at radius 1 is 1.19 bits per heavy atom. The average Bonchev–Trinajstić information content (AvgIpc) is 3.38. The number of ether oxygens (including phenoxy) is 2. The summed E-state index contributed by atoms with van der Waals surface area (Å²) in [6.07, 6.45) is 0.633. The number of hydrogen-bond acceptors (Lipinski definition) is 5. The van der Waals surface area contributed by atoms with Crippen LogP contribution in [0.25, 0.3) is 0 Å². The zero-order valence-corrected chi connectivity index (χ0v) is 17.0. The Morgan fingerprint density at radius 2 is 2.11 bits per heavy atom. The van der Waals surface area contributed by atoms with Crippen molar-refractivity contribution >= 4 is 33.0 Å². The van der Waals surface area contributed by atoms with Gasteiger partial charge in [0.05, 0.1) is 23.7 Å². The summed E-state index contributed by atoms with van der Waals surface area (Å²) >= 11 is 5.29. The van der Waals surface area contributed by atoms with Crippen molar-refractivity contribution in [3.8, 4) is 11.5 Å². The van der Waals surface area contributed by atoms with Crippen molar-refractivity contribution in [2.24, 2.45) is 5.10 Å². The number of benzene rings is 2. The van der Waals surface area contributed by atoms with E-state index in [-0.39, 0.29) is 12.3 Å². The molecule has 3 aromatic rings.